The molecule has 0 unspecified atom stereocenters. The predicted octanol–water partition coefficient (Wildman–Crippen LogP) is 3.45. The molecule has 0 bridgehead atoms. The number of ether oxygens (including phenoxy) is 1. The molecule has 1 aromatic carbocycles. The second-order valence-corrected chi connectivity index (χ2v) is 3.44. The van der Waals surface area contributed by atoms with Gasteiger partial charge in [0.1, 0.15) is 0 Å². The van der Waals surface area contributed by atoms with Gasteiger partial charge in [0.25, 0.3) is 0 Å². The molecule has 0 atom stereocenters. The fourth-order valence-electron chi connectivity index (χ4n) is 0.983. The van der Waals surface area contributed by atoms with Crippen LogP contribution in [0.25, 0.3) is 0 Å². The molecular weight excluding hydrogens is 195 g/mol. The maximum absolute atomic E-state index is 5.92. The van der Waals surface area contributed by atoms with Crippen molar-refractivity contribution in [1.29, 1.82) is 0 Å². The molecule has 3 heteroatoms. The first kappa shape index (κ1) is 9.85. The summed E-state index contributed by atoms with van der Waals surface area (Å²) in [4.78, 5) is 0. The van der Waals surface area contributed by atoms with Crippen molar-refractivity contribution in [3.63, 3.8) is 0 Å². The molecule has 0 radical (unpaired) electrons. The fourth-order valence-corrected chi connectivity index (χ4v) is 1.42. The Labute approximate surface area is 82.2 Å². The van der Waals surface area contributed by atoms with E-state index in [1.165, 1.54) is 0 Å². The minimum atomic E-state index is 0.525. The maximum Gasteiger partial charge on any atom is 0.0727 e. The fraction of sp³-hybridized carbons (Fsp3) is 0.333. The van der Waals surface area contributed by atoms with Gasteiger partial charge >= 0.3 is 0 Å². The number of methoxy groups -OCH3 is 1. The Morgan fingerprint density at radius 1 is 1.25 bits per heavy atom. The summed E-state index contributed by atoms with van der Waals surface area (Å²) in [6.45, 7) is 2.47. The van der Waals surface area contributed by atoms with Gasteiger partial charge in [-0.05, 0) is 24.1 Å². The van der Waals surface area contributed by atoms with Crippen LogP contribution in [0, 0.1) is 6.92 Å². The summed E-state index contributed by atoms with van der Waals surface area (Å²) in [5.41, 5.74) is 1.99. The molecular formula is C9H10Cl2O. The van der Waals surface area contributed by atoms with Crippen molar-refractivity contribution in [3.8, 4) is 0 Å². The van der Waals surface area contributed by atoms with Crippen molar-refractivity contribution in [3.05, 3.63) is 33.3 Å². The quantitative estimate of drug-likeness (QED) is 0.718. The molecule has 1 rings (SSSR count). The third-order valence-corrected chi connectivity index (χ3v) is 2.39. The van der Waals surface area contributed by atoms with E-state index < -0.39 is 0 Å². The van der Waals surface area contributed by atoms with E-state index in [1.807, 2.05) is 13.0 Å². The molecule has 0 fully saturated rings. The average Bonchev–Trinajstić information content (AvgIpc) is 2.01. The van der Waals surface area contributed by atoms with Crippen LogP contribution in [0.5, 0.6) is 0 Å². The lowest BCUT2D eigenvalue weighted by atomic mass is 10.1. The van der Waals surface area contributed by atoms with Gasteiger partial charge in [-0.2, -0.15) is 0 Å². The Kier molecular flexibility index (Phi) is 3.39. The van der Waals surface area contributed by atoms with E-state index in [4.69, 9.17) is 27.9 Å². The van der Waals surface area contributed by atoms with Crippen LogP contribution in [-0.4, -0.2) is 7.11 Å². The predicted molar refractivity (Wildman–Crippen MR) is 51.9 cm³/mol. The van der Waals surface area contributed by atoms with Crippen molar-refractivity contribution in [2.24, 2.45) is 0 Å². The third kappa shape index (κ3) is 2.13. The zero-order valence-electron chi connectivity index (χ0n) is 7.03. The highest BCUT2D eigenvalue weighted by atomic mass is 35.5. The lowest BCUT2D eigenvalue weighted by Gasteiger charge is -2.05. The van der Waals surface area contributed by atoms with Gasteiger partial charge in [-0.1, -0.05) is 29.3 Å². The molecule has 0 aliphatic rings. The highest BCUT2D eigenvalue weighted by Gasteiger charge is 2.03. The summed E-state index contributed by atoms with van der Waals surface area (Å²) >= 11 is 11.8. The first-order valence-corrected chi connectivity index (χ1v) is 4.34. The monoisotopic (exact) mass is 204 g/mol. The Bertz CT molecular complexity index is 284. The number of rotatable bonds is 2. The molecule has 0 aliphatic carbocycles. The van der Waals surface area contributed by atoms with E-state index in [2.05, 4.69) is 0 Å². The molecule has 12 heavy (non-hydrogen) atoms. The zero-order chi connectivity index (χ0) is 9.14. The van der Waals surface area contributed by atoms with Crippen LogP contribution in [0.4, 0.5) is 0 Å². The SMILES string of the molecule is COCc1cc(C)c(Cl)cc1Cl. The van der Waals surface area contributed by atoms with Crippen LogP contribution in [0.3, 0.4) is 0 Å². The highest BCUT2D eigenvalue weighted by molar-refractivity contribution is 6.35. The van der Waals surface area contributed by atoms with Gasteiger partial charge < -0.3 is 4.74 Å². The molecule has 0 amide bonds. The smallest absolute Gasteiger partial charge is 0.0727 e. The molecule has 0 heterocycles. The van der Waals surface area contributed by atoms with Crippen molar-refractivity contribution in [2.45, 2.75) is 13.5 Å². The zero-order valence-corrected chi connectivity index (χ0v) is 8.54. The lowest BCUT2D eigenvalue weighted by molar-refractivity contribution is 0.185. The van der Waals surface area contributed by atoms with E-state index in [-0.39, 0.29) is 0 Å². The summed E-state index contributed by atoms with van der Waals surface area (Å²) in [5.74, 6) is 0. The molecule has 0 aliphatic heterocycles. The van der Waals surface area contributed by atoms with Crippen molar-refractivity contribution in [1.82, 2.24) is 0 Å². The van der Waals surface area contributed by atoms with Crippen LogP contribution >= 0.6 is 23.2 Å². The maximum atomic E-state index is 5.92. The van der Waals surface area contributed by atoms with E-state index in [0.29, 0.717) is 16.7 Å². The summed E-state index contributed by atoms with van der Waals surface area (Å²) in [5, 5.41) is 1.35. The first-order valence-electron chi connectivity index (χ1n) is 3.58. The molecule has 1 aromatic rings. The minimum absolute atomic E-state index is 0.525. The molecule has 1 nitrogen and oxygen atoms in total. The number of aryl methyl sites for hydroxylation is 1. The number of hydrogen-bond donors (Lipinski definition) is 0. The van der Waals surface area contributed by atoms with Gasteiger partial charge in [-0.3, -0.25) is 0 Å². The molecule has 66 valence electrons. The van der Waals surface area contributed by atoms with Gasteiger partial charge in [-0.25, -0.2) is 0 Å². The normalized spacial score (nSPS) is 10.3. The van der Waals surface area contributed by atoms with Gasteiger partial charge in [0.15, 0.2) is 0 Å². The van der Waals surface area contributed by atoms with Crippen LogP contribution < -0.4 is 0 Å². The topological polar surface area (TPSA) is 9.23 Å². The Morgan fingerprint density at radius 2 is 1.92 bits per heavy atom. The summed E-state index contributed by atoms with van der Waals surface area (Å²) in [6, 6.07) is 3.68. The second kappa shape index (κ2) is 4.13. The molecule has 0 saturated heterocycles. The number of hydrogen-bond acceptors (Lipinski definition) is 1. The number of benzene rings is 1. The third-order valence-electron chi connectivity index (χ3n) is 1.63. The summed E-state index contributed by atoms with van der Waals surface area (Å²) < 4.78 is 4.98. The van der Waals surface area contributed by atoms with Crippen LogP contribution in [0.2, 0.25) is 10.0 Å². The van der Waals surface area contributed by atoms with E-state index >= 15 is 0 Å². The Morgan fingerprint density at radius 3 is 2.50 bits per heavy atom. The molecule has 0 N–H and O–H groups in total. The molecule has 0 saturated carbocycles. The van der Waals surface area contributed by atoms with Crippen molar-refractivity contribution in [2.75, 3.05) is 7.11 Å². The molecule has 0 spiro atoms. The first-order chi connectivity index (χ1) is 5.65. The second-order valence-electron chi connectivity index (χ2n) is 2.63. The largest absolute Gasteiger partial charge is 0.380 e. The Balaban J connectivity index is 3.05. The number of halogens is 2. The average molecular weight is 205 g/mol. The van der Waals surface area contributed by atoms with Crippen molar-refractivity contribution < 1.29 is 4.74 Å². The van der Waals surface area contributed by atoms with Gasteiger partial charge in [-0.15, -0.1) is 0 Å². The summed E-state index contributed by atoms with van der Waals surface area (Å²) in [7, 11) is 1.64. The van der Waals surface area contributed by atoms with Crippen molar-refractivity contribution >= 4 is 23.2 Å². The van der Waals surface area contributed by atoms with Crippen LogP contribution in [0.15, 0.2) is 12.1 Å². The van der Waals surface area contributed by atoms with E-state index in [0.717, 1.165) is 11.1 Å². The standard InChI is InChI=1S/C9H10Cl2O/c1-6-3-7(5-12-2)9(11)4-8(6)10/h3-4H,5H2,1-2H3. The molecule has 0 aromatic heterocycles. The lowest BCUT2D eigenvalue weighted by Crippen LogP contribution is -1.90. The van der Waals surface area contributed by atoms with Crippen LogP contribution in [0.1, 0.15) is 11.1 Å². The van der Waals surface area contributed by atoms with E-state index in [9.17, 15) is 0 Å². The van der Waals surface area contributed by atoms with Gasteiger partial charge in [0, 0.05) is 17.2 Å². The van der Waals surface area contributed by atoms with E-state index in [1.54, 1.807) is 13.2 Å². The highest BCUT2D eigenvalue weighted by Crippen LogP contribution is 2.25. The van der Waals surface area contributed by atoms with Gasteiger partial charge in [0.2, 0.25) is 0 Å². The summed E-state index contributed by atoms with van der Waals surface area (Å²) in [6.07, 6.45) is 0. The van der Waals surface area contributed by atoms with Gasteiger partial charge in [0.05, 0.1) is 6.61 Å². The minimum Gasteiger partial charge on any atom is -0.380 e. The Hall–Kier alpha value is -0.240. The van der Waals surface area contributed by atoms with Crippen LogP contribution in [-0.2, 0) is 11.3 Å².